The minimum absolute atomic E-state index is 0.190. The van der Waals surface area contributed by atoms with E-state index < -0.39 is 29.2 Å². The van der Waals surface area contributed by atoms with Gasteiger partial charge in [0.1, 0.15) is 17.5 Å². The Labute approximate surface area is 248 Å². The first-order chi connectivity index (χ1) is 20.0. The number of carbonyl (C=O) groups is 3. The van der Waals surface area contributed by atoms with Gasteiger partial charge in [0.25, 0.3) is 0 Å². The molecule has 8 heteroatoms. The summed E-state index contributed by atoms with van der Waals surface area (Å²) in [6.45, 7) is 9.53. The Bertz CT molecular complexity index is 1320. The number of hydrogen-bond acceptors (Lipinski definition) is 5. The Balaban J connectivity index is 1.64. The Morgan fingerprint density at radius 2 is 1.52 bits per heavy atom. The lowest BCUT2D eigenvalue weighted by molar-refractivity contribution is -0.137. The van der Waals surface area contributed by atoms with Gasteiger partial charge in [0.2, 0.25) is 17.7 Å². The van der Waals surface area contributed by atoms with Crippen molar-refractivity contribution in [3.8, 4) is 11.5 Å². The zero-order valence-electron chi connectivity index (χ0n) is 25.1. The van der Waals surface area contributed by atoms with Gasteiger partial charge < -0.3 is 15.4 Å². The van der Waals surface area contributed by atoms with Gasteiger partial charge in [-0.05, 0) is 73.4 Å². The number of carbonyl (C=O) groups excluding carboxylic acids is 3. The summed E-state index contributed by atoms with van der Waals surface area (Å²) in [4.78, 5) is 38.9. The summed E-state index contributed by atoms with van der Waals surface area (Å²) in [5.74, 6) is -0.531. The van der Waals surface area contributed by atoms with E-state index in [1.807, 2.05) is 107 Å². The summed E-state index contributed by atoms with van der Waals surface area (Å²) in [5, 5.41) is 15.0. The van der Waals surface area contributed by atoms with Crippen LogP contribution < -0.4 is 20.9 Å². The van der Waals surface area contributed by atoms with Gasteiger partial charge in [0, 0.05) is 12.3 Å². The summed E-state index contributed by atoms with van der Waals surface area (Å²) < 4.78 is 5.97. The van der Waals surface area contributed by atoms with E-state index in [0.29, 0.717) is 19.3 Å². The molecule has 0 aliphatic rings. The van der Waals surface area contributed by atoms with Crippen molar-refractivity contribution in [2.24, 2.45) is 11.3 Å². The third kappa shape index (κ3) is 9.73. The average Bonchev–Trinajstić information content (AvgIpc) is 2.96. The van der Waals surface area contributed by atoms with Crippen molar-refractivity contribution in [2.75, 3.05) is 0 Å². The van der Waals surface area contributed by atoms with Crippen LogP contribution in [0.15, 0.2) is 78.9 Å². The zero-order chi connectivity index (χ0) is 30.7. The summed E-state index contributed by atoms with van der Waals surface area (Å²) >= 11 is 0. The quantitative estimate of drug-likeness (QED) is 0.147. The van der Waals surface area contributed by atoms with Crippen molar-refractivity contribution in [2.45, 2.75) is 72.4 Å². The monoisotopic (exact) mass is 573 g/mol. The molecular formula is C34H43N3O5. The number of ether oxygens (including phenoxy) is 1. The second kappa shape index (κ2) is 15.2. The van der Waals surface area contributed by atoms with Crippen molar-refractivity contribution in [1.29, 1.82) is 0 Å². The number of nitrogens with one attached hydrogen (secondary N) is 3. The number of aryl methyl sites for hydroxylation is 2. The Morgan fingerprint density at radius 1 is 0.881 bits per heavy atom. The molecule has 3 aromatic rings. The predicted molar refractivity (Wildman–Crippen MR) is 163 cm³/mol. The molecule has 3 amide bonds. The molecule has 224 valence electrons. The Hall–Kier alpha value is -4.17. The van der Waals surface area contributed by atoms with Crippen molar-refractivity contribution in [3.63, 3.8) is 0 Å². The lowest BCUT2D eigenvalue weighted by atomic mass is 9.85. The molecule has 0 aromatic heterocycles. The smallest absolute Gasteiger partial charge is 0.244 e. The lowest BCUT2D eigenvalue weighted by Gasteiger charge is -2.32. The number of hydrogen-bond donors (Lipinski definition) is 4. The molecule has 0 saturated carbocycles. The highest BCUT2D eigenvalue weighted by molar-refractivity contribution is 5.91. The van der Waals surface area contributed by atoms with Crippen LogP contribution in [0.5, 0.6) is 11.5 Å². The van der Waals surface area contributed by atoms with Gasteiger partial charge >= 0.3 is 0 Å². The van der Waals surface area contributed by atoms with Gasteiger partial charge in [0.05, 0.1) is 6.04 Å². The van der Waals surface area contributed by atoms with E-state index >= 15 is 0 Å². The van der Waals surface area contributed by atoms with E-state index in [9.17, 15) is 14.4 Å². The van der Waals surface area contributed by atoms with Gasteiger partial charge in [-0.15, -0.1) is 0 Å². The van der Waals surface area contributed by atoms with Gasteiger partial charge in [-0.1, -0.05) is 81.4 Å². The molecule has 4 N–H and O–H groups in total. The maximum atomic E-state index is 13.5. The molecule has 0 spiro atoms. The molecule has 0 bridgehead atoms. The maximum Gasteiger partial charge on any atom is 0.244 e. The van der Waals surface area contributed by atoms with Crippen molar-refractivity contribution >= 4 is 17.7 Å². The van der Waals surface area contributed by atoms with Crippen LogP contribution in [-0.4, -0.2) is 29.0 Å². The molecule has 3 unspecified atom stereocenters. The minimum atomic E-state index is -0.823. The summed E-state index contributed by atoms with van der Waals surface area (Å²) in [7, 11) is 0. The maximum absolute atomic E-state index is 13.5. The fourth-order valence-corrected chi connectivity index (χ4v) is 4.80. The fourth-order valence-electron chi connectivity index (χ4n) is 4.80. The number of benzene rings is 3. The van der Waals surface area contributed by atoms with Crippen LogP contribution in [0.4, 0.5) is 0 Å². The second-order valence-electron chi connectivity index (χ2n) is 11.8. The molecule has 0 aliphatic carbocycles. The third-order valence-corrected chi connectivity index (χ3v) is 7.23. The lowest BCUT2D eigenvalue weighted by Crippen LogP contribution is -2.55. The normalized spacial score (nSPS) is 13.4. The van der Waals surface area contributed by atoms with E-state index in [-0.39, 0.29) is 18.4 Å². The Morgan fingerprint density at radius 3 is 2.12 bits per heavy atom. The summed E-state index contributed by atoms with van der Waals surface area (Å²) in [5.41, 5.74) is 4.08. The topological polar surface area (TPSA) is 117 Å². The average molecular weight is 574 g/mol. The van der Waals surface area contributed by atoms with Gasteiger partial charge in [-0.3, -0.25) is 19.6 Å². The molecule has 3 atom stereocenters. The minimum Gasteiger partial charge on any atom is -0.457 e. The van der Waals surface area contributed by atoms with Crippen LogP contribution in [0, 0.1) is 18.3 Å². The molecule has 8 nitrogen and oxygen atoms in total. The van der Waals surface area contributed by atoms with Crippen molar-refractivity contribution in [3.05, 3.63) is 95.6 Å². The molecule has 3 aromatic carbocycles. The first kappa shape index (κ1) is 32.3. The third-order valence-electron chi connectivity index (χ3n) is 7.23. The van der Waals surface area contributed by atoms with E-state index in [1.165, 1.54) is 0 Å². The molecule has 0 radical (unpaired) electrons. The highest BCUT2D eigenvalue weighted by atomic mass is 16.5. The van der Waals surface area contributed by atoms with Crippen LogP contribution in [0.25, 0.3) is 0 Å². The molecule has 0 saturated heterocycles. The van der Waals surface area contributed by atoms with E-state index in [0.717, 1.165) is 28.2 Å². The number of para-hydroxylation sites is 1. The fraction of sp³-hybridized carbons (Fsp3) is 0.382. The van der Waals surface area contributed by atoms with Crippen LogP contribution in [0.1, 0.15) is 69.7 Å². The SMILES string of the molecule is Cc1cc(CCCC(CC(=O)NO)C(=O)NC(C(=O)NC(C)c2ccccc2)C(C)(C)C)ccc1Oc1ccccc1. The van der Waals surface area contributed by atoms with Crippen LogP contribution in [0.2, 0.25) is 0 Å². The molecule has 0 heterocycles. The molecule has 0 aliphatic heterocycles. The van der Waals surface area contributed by atoms with E-state index in [1.54, 1.807) is 5.48 Å². The van der Waals surface area contributed by atoms with E-state index in [4.69, 9.17) is 9.94 Å². The Kier molecular flexibility index (Phi) is 11.7. The van der Waals surface area contributed by atoms with Crippen LogP contribution >= 0.6 is 0 Å². The van der Waals surface area contributed by atoms with Crippen molar-refractivity contribution < 1.29 is 24.3 Å². The first-order valence-corrected chi connectivity index (χ1v) is 14.4. The van der Waals surface area contributed by atoms with Crippen LogP contribution in [0.3, 0.4) is 0 Å². The predicted octanol–water partition coefficient (Wildman–Crippen LogP) is 6.03. The van der Waals surface area contributed by atoms with Gasteiger partial charge in [-0.2, -0.15) is 0 Å². The standard InChI is InChI=1S/C34H43N3O5/c1-23-21-25(19-20-29(23)42-28-17-10-7-11-18-28)13-12-16-27(22-30(38)37-41)32(39)36-31(34(3,4)5)33(40)35-24(2)26-14-8-6-9-15-26/h6-11,14-15,17-21,24,27,31,41H,12-13,16,22H2,1-5H3,(H,35,40)(H,36,39)(H,37,38). The summed E-state index contributed by atoms with van der Waals surface area (Å²) in [6, 6.07) is 24.1. The van der Waals surface area contributed by atoms with Gasteiger partial charge in [-0.25, -0.2) is 5.48 Å². The van der Waals surface area contributed by atoms with Crippen LogP contribution in [-0.2, 0) is 20.8 Å². The number of hydroxylamine groups is 1. The number of amides is 3. The molecule has 0 fully saturated rings. The molecule has 42 heavy (non-hydrogen) atoms. The molecule has 3 rings (SSSR count). The largest absolute Gasteiger partial charge is 0.457 e. The van der Waals surface area contributed by atoms with Crippen molar-refractivity contribution in [1.82, 2.24) is 16.1 Å². The molecular weight excluding hydrogens is 530 g/mol. The highest BCUT2D eigenvalue weighted by Gasteiger charge is 2.35. The number of rotatable bonds is 13. The highest BCUT2D eigenvalue weighted by Crippen LogP contribution is 2.27. The zero-order valence-corrected chi connectivity index (χ0v) is 25.1. The first-order valence-electron chi connectivity index (χ1n) is 14.4. The van der Waals surface area contributed by atoms with Gasteiger partial charge in [0.15, 0.2) is 0 Å². The second-order valence-corrected chi connectivity index (χ2v) is 11.8. The van der Waals surface area contributed by atoms with E-state index in [2.05, 4.69) is 16.7 Å². The summed E-state index contributed by atoms with van der Waals surface area (Å²) in [6.07, 6.45) is 1.53.